The number of rotatable bonds is 8. The lowest BCUT2D eigenvalue weighted by molar-refractivity contribution is 0.0746. The summed E-state index contributed by atoms with van der Waals surface area (Å²) in [7, 11) is 1.52. The highest BCUT2D eigenvalue weighted by Gasteiger charge is 2.29. The summed E-state index contributed by atoms with van der Waals surface area (Å²) in [5.74, 6) is 0.991. The van der Waals surface area contributed by atoms with Crippen LogP contribution < -0.4 is 9.64 Å². The molecule has 0 radical (unpaired) electrons. The molecule has 9 heteroatoms. The number of pyridine rings is 2. The molecule has 0 spiro atoms. The number of benzene rings is 1. The van der Waals surface area contributed by atoms with E-state index >= 15 is 0 Å². The summed E-state index contributed by atoms with van der Waals surface area (Å²) in [4.78, 5) is 30.1. The molecule has 1 aromatic carbocycles. The molecule has 0 N–H and O–H groups in total. The Bertz CT molecular complexity index is 1880. The Hall–Kier alpha value is -4.24. The van der Waals surface area contributed by atoms with Gasteiger partial charge in [0.25, 0.3) is 5.91 Å². The number of nitrogens with zero attached hydrogens (tertiary/aromatic N) is 6. The molecule has 0 bridgehead atoms. The average molecular weight is 667 g/mol. The van der Waals surface area contributed by atoms with Crippen LogP contribution in [-0.2, 0) is 13.0 Å². The predicted molar refractivity (Wildman–Crippen MR) is 197 cm³/mol. The van der Waals surface area contributed by atoms with Crippen LogP contribution in [0, 0.1) is 18.7 Å². The number of anilines is 1. The molecule has 0 unspecified atom stereocenters. The second kappa shape index (κ2) is 13.9. The van der Waals surface area contributed by atoms with Crippen molar-refractivity contribution in [2.45, 2.75) is 73.4 Å². The fraction of sp³-hybridized carbons (Fsp3) is 0.475. The van der Waals surface area contributed by atoms with Crippen molar-refractivity contribution >= 4 is 28.2 Å². The van der Waals surface area contributed by atoms with Crippen LogP contribution in [0.5, 0.6) is 5.75 Å². The van der Waals surface area contributed by atoms with Crippen LogP contribution in [-0.4, -0.2) is 82.2 Å². The lowest BCUT2D eigenvalue weighted by Crippen LogP contribution is -2.49. The second-order valence-corrected chi connectivity index (χ2v) is 14.9. The number of carbonyl (C=O) groups excluding carboxylic acids is 1. The van der Waals surface area contributed by atoms with Crippen LogP contribution in [0.4, 0.5) is 10.2 Å². The number of hydrogen-bond acceptors (Lipinski definition) is 6. The first-order valence-electron chi connectivity index (χ1n) is 17.7. The SMILES string of the molecule is CCc1ccc(-c2cc(C(=O)N3CCN(c4ncc(F)cc4OC)CC3)cc3cc(C4=CCCN(C(C)(C)C)C4)n(CC(C)C)c23)c(C)n1. The molecule has 5 heterocycles. The number of amides is 1. The zero-order chi connectivity index (χ0) is 35.0. The van der Waals surface area contributed by atoms with Crippen molar-refractivity contribution in [3.8, 4) is 16.9 Å². The molecule has 4 aromatic rings. The maximum absolute atomic E-state index is 14.3. The zero-order valence-corrected chi connectivity index (χ0v) is 30.4. The number of halogens is 1. The van der Waals surface area contributed by atoms with Gasteiger partial charge in [-0.05, 0) is 76.3 Å². The van der Waals surface area contributed by atoms with Gasteiger partial charge in [0, 0.05) is 96.6 Å². The van der Waals surface area contributed by atoms with E-state index in [1.54, 1.807) is 0 Å². The lowest BCUT2D eigenvalue weighted by atomic mass is 9.97. The number of methoxy groups -OCH3 is 1. The van der Waals surface area contributed by atoms with Gasteiger partial charge in [0.2, 0.25) is 0 Å². The van der Waals surface area contributed by atoms with Crippen molar-refractivity contribution in [2.75, 3.05) is 51.3 Å². The van der Waals surface area contributed by atoms with Crippen LogP contribution in [0.2, 0.25) is 0 Å². The number of aromatic nitrogens is 3. The van der Waals surface area contributed by atoms with E-state index < -0.39 is 5.82 Å². The number of piperazine rings is 1. The molecule has 8 nitrogen and oxygen atoms in total. The smallest absolute Gasteiger partial charge is 0.254 e. The Morgan fingerprint density at radius 2 is 1.78 bits per heavy atom. The van der Waals surface area contributed by atoms with Crippen molar-refractivity contribution in [1.29, 1.82) is 0 Å². The van der Waals surface area contributed by atoms with Crippen LogP contribution in [0.15, 0.2) is 48.7 Å². The molecule has 3 aromatic heterocycles. The standard InChI is InChI=1S/C40H51FN6O2/c1-9-32-12-13-33(27(4)43-32)34-20-30(39(48)45-17-15-44(16-18-45)38-36(49-8)22-31(41)23-42-38)19-29-21-35(47(37(29)34)24-26(2)3)28-11-10-14-46(25-28)40(5,6)7/h11-13,19-23,26H,9-10,14-18,24-25H2,1-8H3. The summed E-state index contributed by atoms with van der Waals surface area (Å²) < 4.78 is 21.7. The van der Waals surface area contributed by atoms with E-state index in [0.29, 0.717) is 49.2 Å². The normalized spacial score (nSPS) is 16.1. The van der Waals surface area contributed by atoms with Gasteiger partial charge in [-0.25, -0.2) is 9.37 Å². The van der Waals surface area contributed by atoms with E-state index in [0.717, 1.165) is 65.9 Å². The minimum Gasteiger partial charge on any atom is -0.493 e. The Morgan fingerprint density at radius 1 is 1.02 bits per heavy atom. The van der Waals surface area contributed by atoms with E-state index in [1.807, 2.05) is 4.90 Å². The summed E-state index contributed by atoms with van der Waals surface area (Å²) in [6.45, 7) is 20.6. The van der Waals surface area contributed by atoms with Crippen molar-refractivity contribution < 1.29 is 13.9 Å². The molecule has 49 heavy (non-hydrogen) atoms. The summed E-state index contributed by atoms with van der Waals surface area (Å²) >= 11 is 0. The van der Waals surface area contributed by atoms with Gasteiger partial charge in [0.05, 0.1) is 18.8 Å². The molecule has 0 saturated carbocycles. The van der Waals surface area contributed by atoms with Gasteiger partial charge in [-0.3, -0.25) is 14.7 Å². The number of ether oxygens (including phenoxy) is 1. The van der Waals surface area contributed by atoms with E-state index in [4.69, 9.17) is 9.72 Å². The molecule has 1 saturated heterocycles. The molecule has 0 atom stereocenters. The molecule has 1 amide bonds. The fourth-order valence-electron chi connectivity index (χ4n) is 7.27. The molecule has 1 fully saturated rings. The molecule has 6 rings (SSSR count). The zero-order valence-electron chi connectivity index (χ0n) is 30.4. The summed E-state index contributed by atoms with van der Waals surface area (Å²) in [6, 6.07) is 12.1. The second-order valence-electron chi connectivity index (χ2n) is 14.9. The predicted octanol–water partition coefficient (Wildman–Crippen LogP) is 7.62. The minimum atomic E-state index is -0.438. The number of hydrogen-bond donors (Lipinski definition) is 0. The van der Waals surface area contributed by atoms with E-state index in [-0.39, 0.29) is 11.4 Å². The van der Waals surface area contributed by atoms with Gasteiger partial charge in [-0.15, -0.1) is 0 Å². The molecule has 2 aliphatic heterocycles. The van der Waals surface area contributed by atoms with Crippen molar-refractivity contribution in [3.05, 3.63) is 77.1 Å². The highest BCUT2D eigenvalue weighted by Crippen LogP contribution is 2.38. The molecule has 260 valence electrons. The van der Waals surface area contributed by atoms with Crippen molar-refractivity contribution in [2.24, 2.45) is 5.92 Å². The molecule has 2 aliphatic rings. The van der Waals surface area contributed by atoms with Crippen LogP contribution in [0.1, 0.15) is 75.4 Å². The third kappa shape index (κ3) is 7.09. The Kier molecular flexibility index (Phi) is 9.85. The number of carbonyl (C=O) groups is 1. The van der Waals surface area contributed by atoms with Crippen LogP contribution in [0.3, 0.4) is 0 Å². The third-order valence-electron chi connectivity index (χ3n) is 9.90. The average Bonchev–Trinajstić information content (AvgIpc) is 3.44. The number of fused-ring (bicyclic) bond motifs is 1. The first-order valence-corrected chi connectivity index (χ1v) is 17.7. The van der Waals surface area contributed by atoms with E-state index in [1.165, 1.54) is 30.6 Å². The van der Waals surface area contributed by atoms with E-state index in [9.17, 15) is 9.18 Å². The van der Waals surface area contributed by atoms with Gasteiger partial charge in [0.1, 0.15) is 5.82 Å². The van der Waals surface area contributed by atoms with Gasteiger partial charge >= 0.3 is 0 Å². The summed E-state index contributed by atoms with van der Waals surface area (Å²) in [5.41, 5.74) is 8.60. The summed E-state index contributed by atoms with van der Waals surface area (Å²) in [6.07, 6.45) is 5.50. The lowest BCUT2D eigenvalue weighted by Gasteiger charge is -2.38. The van der Waals surface area contributed by atoms with Gasteiger partial charge in [-0.1, -0.05) is 32.9 Å². The van der Waals surface area contributed by atoms with Crippen molar-refractivity contribution in [1.82, 2.24) is 24.3 Å². The van der Waals surface area contributed by atoms with Crippen LogP contribution >= 0.6 is 0 Å². The number of aryl methyl sites for hydroxylation is 2. The first kappa shape index (κ1) is 34.6. The first-order chi connectivity index (χ1) is 23.4. The fourth-order valence-corrected chi connectivity index (χ4v) is 7.27. The Morgan fingerprint density at radius 3 is 2.43 bits per heavy atom. The van der Waals surface area contributed by atoms with E-state index in [2.05, 4.69) is 104 Å². The highest BCUT2D eigenvalue weighted by atomic mass is 19.1. The van der Waals surface area contributed by atoms with Gasteiger partial charge < -0.3 is 19.1 Å². The maximum atomic E-state index is 14.3. The van der Waals surface area contributed by atoms with Crippen molar-refractivity contribution in [3.63, 3.8) is 0 Å². The topological polar surface area (TPSA) is 66.7 Å². The monoisotopic (exact) mass is 666 g/mol. The van der Waals surface area contributed by atoms with Gasteiger partial charge in [-0.2, -0.15) is 0 Å². The molecule has 0 aliphatic carbocycles. The van der Waals surface area contributed by atoms with Gasteiger partial charge in [0.15, 0.2) is 11.6 Å². The molecular weight excluding hydrogens is 615 g/mol. The highest BCUT2D eigenvalue weighted by molar-refractivity contribution is 6.05. The largest absolute Gasteiger partial charge is 0.493 e. The quantitative estimate of drug-likeness (QED) is 0.193. The maximum Gasteiger partial charge on any atom is 0.254 e. The molecular formula is C40H51FN6O2. The summed E-state index contributed by atoms with van der Waals surface area (Å²) in [5, 5.41) is 1.07. The third-order valence-corrected chi connectivity index (χ3v) is 9.90. The van der Waals surface area contributed by atoms with Crippen LogP contribution in [0.25, 0.3) is 27.6 Å². The minimum absolute atomic E-state index is 0.00608. The Labute approximate surface area is 290 Å². The Balaban J connectivity index is 1.42.